The normalized spacial score (nSPS) is 24.3. The van der Waals surface area contributed by atoms with Gasteiger partial charge in [0.1, 0.15) is 0 Å². The van der Waals surface area contributed by atoms with Crippen LogP contribution >= 0.6 is 0 Å². The maximum atomic E-state index is 9.48. The number of nitrogens with two attached hydrogens (primary N) is 1. The van der Waals surface area contributed by atoms with Gasteiger partial charge >= 0.3 is 6.03 Å². The molecule has 1 fully saturated rings. The van der Waals surface area contributed by atoms with Gasteiger partial charge in [0.15, 0.2) is 0 Å². The Morgan fingerprint density at radius 1 is 1.27 bits per heavy atom. The molecule has 2 aliphatic rings. The number of primary amides is 1. The van der Waals surface area contributed by atoms with Crippen molar-refractivity contribution in [3.05, 3.63) is 35.4 Å². The second kappa shape index (κ2) is 3.93. The van der Waals surface area contributed by atoms with E-state index >= 15 is 0 Å². The van der Waals surface area contributed by atoms with Gasteiger partial charge in [0.05, 0.1) is 0 Å². The van der Waals surface area contributed by atoms with E-state index in [9.17, 15) is 4.79 Å². The van der Waals surface area contributed by atoms with Gasteiger partial charge < -0.3 is 11.1 Å². The summed E-state index contributed by atoms with van der Waals surface area (Å²) < 4.78 is 0. The van der Waals surface area contributed by atoms with Gasteiger partial charge in [-0.05, 0) is 35.8 Å². The Bertz CT molecular complexity index is 347. The second-order valence-corrected chi connectivity index (χ2v) is 4.03. The molecule has 2 aliphatic carbocycles. The zero-order valence-corrected chi connectivity index (χ0v) is 8.86. The predicted octanol–water partition coefficient (Wildman–Crippen LogP) is 1.95. The number of hydrogen-bond donors (Lipinski definition) is 2. The van der Waals surface area contributed by atoms with E-state index in [0.29, 0.717) is 0 Å². The molecule has 0 radical (unpaired) electrons. The quantitative estimate of drug-likeness (QED) is 0.666. The number of carbonyl (C=O) groups excluding carboxylic acids is 1. The molecule has 3 heteroatoms. The first-order valence-electron chi connectivity index (χ1n) is 5.30. The molecule has 0 heterocycles. The molecule has 3 nitrogen and oxygen atoms in total. The number of benzene rings is 1. The van der Waals surface area contributed by atoms with Crippen LogP contribution in [0.5, 0.6) is 0 Å². The zero-order chi connectivity index (χ0) is 10.8. The molecule has 15 heavy (non-hydrogen) atoms. The summed E-state index contributed by atoms with van der Waals surface area (Å²) in [6.07, 6.45) is 2.89. The molecule has 0 spiro atoms. The molecular formula is C12H16N2O. The van der Waals surface area contributed by atoms with Gasteiger partial charge in [-0.3, -0.25) is 0 Å². The van der Waals surface area contributed by atoms with Crippen molar-refractivity contribution in [2.45, 2.75) is 24.7 Å². The van der Waals surface area contributed by atoms with E-state index in [2.05, 4.69) is 35.3 Å². The molecule has 1 aromatic rings. The van der Waals surface area contributed by atoms with Crippen LogP contribution in [-0.2, 0) is 0 Å². The van der Waals surface area contributed by atoms with E-state index in [-0.39, 0.29) is 0 Å². The van der Waals surface area contributed by atoms with Gasteiger partial charge in [0, 0.05) is 7.05 Å². The van der Waals surface area contributed by atoms with Crippen molar-refractivity contribution in [1.29, 1.82) is 0 Å². The van der Waals surface area contributed by atoms with E-state index in [0.717, 1.165) is 11.8 Å². The fourth-order valence-corrected chi connectivity index (χ4v) is 2.33. The lowest BCUT2D eigenvalue weighted by molar-refractivity contribution is 0.251. The molecule has 0 saturated heterocycles. The van der Waals surface area contributed by atoms with Crippen LogP contribution in [0.4, 0.5) is 4.79 Å². The summed E-state index contributed by atoms with van der Waals surface area (Å²) in [6, 6.07) is 8.40. The van der Waals surface area contributed by atoms with Crippen molar-refractivity contribution in [2.75, 3.05) is 7.05 Å². The predicted molar refractivity (Wildman–Crippen MR) is 59.8 cm³/mol. The van der Waals surface area contributed by atoms with Gasteiger partial charge in [-0.1, -0.05) is 24.3 Å². The standard InChI is InChI=1S/C10H10.C2H6N2O/c1-2-4-8-7(3-1)9-5-6-10(8)9;1-4-2(3)5/h1-4,9-10H,5-6H2;1H3,(H3,3,4,5). The number of carbonyl (C=O) groups is 1. The highest BCUT2D eigenvalue weighted by Gasteiger charge is 2.43. The van der Waals surface area contributed by atoms with Crippen molar-refractivity contribution < 1.29 is 4.79 Å². The first kappa shape index (κ1) is 10.0. The number of nitrogens with one attached hydrogen (secondary N) is 1. The SMILES string of the molecule is CNC(N)=O.c1ccc2c(c1)C1CCC21. The average Bonchev–Trinajstić information content (AvgIpc) is 2.20. The monoisotopic (exact) mass is 204 g/mol. The molecule has 80 valence electrons. The molecule has 2 amide bonds. The van der Waals surface area contributed by atoms with Crippen LogP contribution in [0.3, 0.4) is 0 Å². The van der Waals surface area contributed by atoms with E-state index in [1.165, 1.54) is 19.9 Å². The van der Waals surface area contributed by atoms with Crippen LogP contribution in [0, 0.1) is 0 Å². The van der Waals surface area contributed by atoms with Crippen LogP contribution in [0.2, 0.25) is 0 Å². The lowest BCUT2D eigenvalue weighted by Gasteiger charge is -2.48. The third-order valence-corrected chi connectivity index (χ3v) is 3.32. The highest BCUT2D eigenvalue weighted by Crippen LogP contribution is 2.59. The maximum absolute atomic E-state index is 9.48. The van der Waals surface area contributed by atoms with Crippen LogP contribution in [0.25, 0.3) is 0 Å². The van der Waals surface area contributed by atoms with E-state index in [4.69, 9.17) is 0 Å². The van der Waals surface area contributed by atoms with Crippen LogP contribution in [0.15, 0.2) is 24.3 Å². The maximum Gasteiger partial charge on any atom is 0.311 e. The largest absolute Gasteiger partial charge is 0.352 e. The highest BCUT2D eigenvalue weighted by atomic mass is 16.2. The van der Waals surface area contributed by atoms with Crippen LogP contribution in [-0.4, -0.2) is 13.1 Å². The number of hydrogen-bond acceptors (Lipinski definition) is 1. The molecular weight excluding hydrogens is 188 g/mol. The Hall–Kier alpha value is -1.51. The second-order valence-electron chi connectivity index (χ2n) is 4.03. The van der Waals surface area contributed by atoms with Gasteiger partial charge in [-0.25, -0.2) is 4.79 Å². The molecule has 2 unspecified atom stereocenters. The molecule has 3 rings (SSSR count). The Balaban J connectivity index is 0.000000149. The molecule has 0 aliphatic heterocycles. The lowest BCUT2D eigenvalue weighted by atomic mass is 9.56. The average molecular weight is 204 g/mol. The Labute approximate surface area is 89.7 Å². The Kier molecular flexibility index (Phi) is 2.62. The van der Waals surface area contributed by atoms with Crippen molar-refractivity contribution >= 4 is 6.03 Å². The molecule has 3 N–H and O–H groups in total. The first-order valence-corrected chi connectivity index (χ1v) is 5.30. The Morgan fingerprint density at radius 3 is 1.93 bits per heavy atom. The van der Waals surface area contributed by atoms with Gasteiger partial charge in [0.2, 0.25) is 0 Å². The smallest absolute Gasteiger partial charge is 0.311 e. The molecule has 0 aromatic heterocycles. The van der Waals surface area contributed by atoms with Gasteiger partial charge in [-0.15, -0.1) is 0 Å². The summed E-state index contributed by atoms with van der Waals surface area (Å²) in [5, 5.41) is 2.17. The minimum atomic E-state index is -0.495. The minimum Gasteiger partial charge on any atom is -0.352 e. The van der Waals surface area contributed by atoms with Gasteiger partial charge in [-0.2, -0.15) is 0 Å². The third-order valence-electron chi connectivity index (χ3n) is 3.32. The summed E-state index contributed by atoms with van der Waals surface area (Å²) >= 11 is 0. The summed E-state index contributed by atoms with van der Waals surface area (Å²) in [6.45, 7) is 0. The highest BCUT2D eigenvalue weighted by molar-refractivity contribution is 5.71. The first-order chi connectivity index (χ1) is 7.24. The fraction of sp³-hybridized carbons (Fsp3) is 0.417. The molecule has 1 aromatic carbocycles. The van der Waals surface area contributed by atoms with Crippen molar-refractivity contribution in [3.63, 3.8) is 0 Å². The minimum absolute atomic E-state index is 0.495. The van der Waals surface area contributed by atoms with E-state index < -0.39 is 6.03 Å². The summed E-state index contributed by atoms with van der Waals surface area (Å²) in [7, 11) is 1.47. The molecule has 0 bridgehead atoms. The zero-order valence-electron chi connectivity index (χ0n) is 8.86. The third kappa shape index (κ3) is 1.69. The topological polar surface area (TPSA) is 55.1 Å². The van der Waals surface area contributed by atoms with E-state index in [1.54, 1.807) is 11.1 Å². The van der Waals surface area contributed by atoms with Crippen molar-refractivity contribution in [1.82, 2.24) is 5.32 Å². The van der Waals surface area contributed by atoms with Crippen molar-refractivity contribution in [2.24, 2.45) is 5.73 Å². The number of urea groups is 1. The van der Waals surface area contributed by atoms with Crippen LogP contribution in [0.1, 0.15) is 35.8 Å². The Morgan fingerprint density at radius 2 is 1.67 bits per heavy atom. The van der Waals surface area contributed by atoms with Crippen LogP contribution < -0.4 is 11.1 Å². The number of rotatable bonds is 0. The van der Waals surface area contributed by atoms with Gasteiger partial charge in [0.25, 0.3) is 0 Å². The number of fused-ring (bicyclic) bond motifs is 4. The fourth-order valence-electron chi connectivity index (χ4n) is 2.33. The summed E-state index contributed by atoms with van der Waals surface area (Å²) in [5.74, 6) is 1.94. The summed E-state index contributed by atoms with van der Waals surface area (Å²) in [5.41, 5.74) is 7.82. The number of amides is 2. The van der Waals surface area contributed by atoms with E-state index in [1.807, 2.05) is 0 Å². The van der Waals surface area contributed by atoms with Crippen molar-refractivity contribution in [3.8, 4) is 0 Å². The summed E-state index contributed by atoms with van der Waals surface area (Å²) in [4.78, 5) is 9.48. The lowest BCUT2D eigenvalue weighted by Crippen LogP contribution is -2.32. The molecule has 1 saturated carbocycles. The molecule has 2 atom stereocenters.